The molecular weight excluding hydrogens is 252 g/mol. The highest BCUT2D eigenvalue weighted by Gasteiger charge is 1.87. The van der Waals surface area contributed by atoms with E-state index in [0.717, 1.165) is 0 Å². The van der Waals surface area contributed by atoms with E-state index in [0.29, 0.717) is 6.61 Å². The molecule has 0 aliphatic carbocycles. The van der Waals surface area contributed by atoms with Gasteiger partial charge >= 0.3 is 11.9 Å². The molecule has 0 N–H and O–H groups in total. The molecule has 0 aliphatic rings. The number of hydrogen-bond acceptors (Lipinski definition) is 6. The van der Waals surface area contributed by atoms with Crippen molar-refractivity contribution in [1.29, 1.82) is 0 Å². The largest absolute Gasteiger partial charge is 0.459 e. The predicted octanol–water partition coefficient (Wildman–Crippen LogP) is 0.00850. The molecule has 0 rings (SSSR count). The van der Waals surface area contributed by atoms with E-state index in [9.17, 15) is 9.59 Å². The van der Waals surface area contributed by atoms with Crippen LogP contribution >= 0.6 is 0 Å². The zero-order valence-corrected chi connectivity index (χ0v) is 11.6. The number of carbonyl (C=O) groups excluding carboxylic acids is 2. The second-order valence-electron chi connectivity index (χ2n) is 2.66. The summed E-state index contributed by atoms with van der Waals surface area (Å²) in [7, 11) is 4.08. The first-order valence-electron chi connectivity index (χ1n) is 5.32. The van der Waals surface area contributed by atoms with Gasteiger partial charge in [0.15, 0.2) is 0 Å². The van der Waals surface area contributed by atoms with Crippen molar-refractivity contribution in [3.8, 4) is 23.7 Å². The minimum atomic E-state index is -0.535. The third-order valence-electron chi connectivity index (χ3n) is 1.35. The highest BCUT2D eigenvalue weighted by molar-refractivity contribution is 5.88. The van der Waals surface area contributed by atoms with Gasteiger partial charge in [0.1, 0.15) is 13.2 Å². The summed E-state index contributed by atoms with van der Waals surface area (Å²) >= 11 is 0. The summed E-state index contributed by atoms with van der Waals surface area (Å²) in [6.07, 6.45) is 0. The van der Waals surface area contributed by atoms with E-state index in [-0.39, 0.29) is 13.2 Å². The molecule has 0 amide bonds. The molecule has 19 heavy (non-hydrogen) atoms. The predicted molar refractivity (Wildman–Crippen MR) is 68.0 cm³/mol. The average molecular weight is 270 g/mol. The molecule has 0 fully saturated rings. The summed E-state index contributed by atoms with van der Waals surface area (Å²) in [4.78, 5) is 20.6. The van der Waals surface area contributed by atoms with Gasteiger partial charge in [0.2, 0.25) is 0 Å². The van der Waals surface area contributed by atoms with Crippen molar-refractivity contribution >= 4 is 11.9 Å². The van der Waals surface area contributed by atoms with Gasteiger partial charge in [-0.1, -0.05) is 11.8 Å². The Balaban J connectivity index is 0. The third-order valence-corrected chi connectivity index (χ3v) is 1.35. The van der Waals surface area contributed by atoms with Crippen molar-refractivity contribution in [1.82, 2.24) is 0 Å². The molecule has 0 aromatic heterocycles. The molecule has 0 bridgehead atoms. The standard InChI is InChI=1S/C7H10O3.C6H8O3/c1-3-10-6-4-5-7(8)9-2;1-8-5-3-4-6(7)9-2/h3,6H2,1-2H3;5H2,1-2H3. The quantitative estimate of drug-likeness (QED) is 0.311. The van der Waals surface area contributed by atoms with Crippen LogP contribution in [0.25, 0.3) is 0 Å². The van der Waals surface area contributed by atoms with Crippen molar-refractivity contribution in [3.63, 3.8) is 0 Å². The van der Waals surface area contributed by atoms with E-state index in [4.69, 9.17) is 4.74 Å². The molecule has 0 aromatic carbocycles. The highest BCUT2D eigenvalue weighted by Crippen LogP contribution is 1.71. The van der Waals surface area contributed by atoms with E-state index < -0.39 is 11.9 Å². The van der Waals surface area contributed by atoms with Crippen molar-refractivity contribution in [2.24, 2.45) is 0 Å². The first kappa shape index (κ1) is 19.3. The average Bonchev–Trinajstić information content (AvgIpc) is 2.44. The monoisotopic (exact) mass is 270 g/mol. The Morgan fingerprint density at radius 3 is 1.74 bits per heavy atom. The maximum absolute atomic E-state index is 10.3. The summed E-state index contributed by atoms with van der Waals surface area (Å²) in [5.41, 5.74) is 0. The zero-order valence-electron chi connectivity index (χ0n) is 11.6. The molecule has 6 heteroatoms. The van der Waals surface area contributed by atoms with Gasteiger partial charge in [-0.2, -0.15) is 0 Å². The van der Waals surface area contributed by atoms with Gasteiger partial charge < -0.3 is 18.9 Å². The minimum Gasteiger partial charge on any atom is -0.459 e. The van der Waals surface area contributed by atoms with Gasteiger partial charge in [-0.15, -0.1) is 0 Å². The summed E-state index contributed by atoms with van der Waals surface area (Å²) in [6, 6.07) is 0. The summed E-state index contributed by atoms with van der Waals surface area (Å²) in [6.45, 7) is 3.01. The van der Waals surface area contributed by atoms with Crippen molar-refractivity contribution in [3.05, 3.63) is 0 Å². The van der Waals surface area contributed by atoms with Gasteiger partial charge in [-0.25, -0.2) is 9.59 Å². The molecule has 0 saturated carbocycles. The van der Waals surface area contributed by atoms with Crippen LogP contribution in [0.3, 0.4) is 0 Å². The van der Waals surface area contributed by atoms with Crippen LogP contribution in [0.2, 0.25) is 0 Å². The van der Waals surface area contributed by atoms with Crippen LogP contribution in [0, 0.1) is 23.7 Å². The van der Waals surface area contributed by atoms with Crippen LogP contribution in [-0.4, -0.2) is 53.1 Å². The van der Waals surface area contributed by atoms with E-state index in [1.807, 2.05) is 6.92 Å². The fourth-order valence-corrected chi connectivity index (χ4v) is 0.544. The smallest absolute Gasteiger partial charge is 0.384 e. The highest BCUT2D eigenvalue weighted by atomic mass is 16.5. The number of rotatable bonds is 3. The fraction of sp³-hybridized carbons (Fsp3) is 0.538. The third kappa shape index (κ3) is 18.5. The maximum Gasteiger partial charge on any atom is 0.384 e. The molecule has 0 radical (unpaired) electrons. The lowest BCUT2D eigenvalue weighted by Gasteiger charge is -1.88. The van der Waals surface area contributed by atoms with Gasteiger partial charge in [0.05, 0.1) is 14.2 Å². The van der Waals surface area contributed by atoms with E-state index in [2.05, 4.69) is 37.9 Å². The van der Waals surface area contributed by atoms with Crippen LogP contribution < -0.4 is 0 Å². The Hall–Kier alpha value is -2.02. The van der Waals surface area contributed by atoms with Gasteiger partial charge in [0.25, 0.3) is 0 Å². The Labute approximate surface area is 113 Å². The first-order valence-corrected chi connectivity index (χ1v) is 5.32. The normalized spacial score (nSPS) is 7.58. The molecule has 0 unspecified atom stereocenters. The summed E-state index contributed by atoms with van der Waals surface area (Å²) in [5.74, 6) is 8.29. The lowest BCUT2D eigenvalue weighted by Crippen LogP contribution is -1.96. The van der Waals surface area contributed by atoms with E-state index >= 15 is 0 Å². The number of methoxy groups -OCH3 is 3. The molecule has 0 aromatic rings. The Bertz CT molecular complexity index is 366. The number of carbonyl (C=O) groups is 2. The van der Waals surface area contributed by atoms with Gasteiger partial charge in [0, 0.05) is 25.6 Å². The lowest BCUT2D eigenvalue weighted by atomic mass is 10.6. The minimum absolute atomic E-state index is 0.259. The van der Waals surface area contributed by atoms with Crippen molar-refractivity contribution in [2.45, 2.75) is 6.92 Å². The molecule has 0 aliphatic heterocycles. The number of esters is 2. The van der Waals surface area contributed by atoms with Crippen LogP contribution in [-0.2, 0) is 28.5 Å². The molecule has 0 spiro atoms. The van der Waals surface area contributed by atoms with Crippen molar-refractivity contribution in [2.75, 3.05) is 41.2 Å². The Morgan fingerprint density at radius 2 is 1.37 bits per heavy atom. The molecule has 106 valence electrons. The molecule has 0 heterocycles. The SMILES string of the molecule is CCOCC#CC(=O)OC.COCC#CC(=O)OC. The summed E-state index contributed by atoms with van der Waals surface area (Å²) < 4.78 is 17.9. The maximum atomic E-state index is 10.3. The van der Waals surface area contributed by atoms with Gasteiger partial charge in [-0.3, -0.25) is 0 Å². The van der Waals surface area contributed by atoms with E-state index in [1.54, 1.807) is 0 Å². The fourth-order valence-electron chi connectivity index (χ4n) is 0.544. The first-order chi connectivity index (χ1) is 9.12. The second kappa shape index (κ2) is 16.0. The number of ether oxygens (including phenoxy) is 4. The summed E-state index contributed by atoms with van der Waals surface area (Å²) in [5, 5.41) is 0. The topological polar surface area (TPSA) is 71.1 Å². The Morgan fingerprint density at radius 1 is 0.895 bits per heavy atom. The Kier molecular flexibility index (Phi) is 16.3. The lowest BCUT2D eigenvalue weighted by molar-refractivity contribution is -0.134. The van der Waals surface area contributed by atoms with Crippen LogP contribution in [0.5, 0.6) is 0 Å². The second-order valence-corrected chi connectivity index (χ2v) is 2.66. The van der Waals surface area contributed by atoms with Crippen molar-refractivity contribution < 1.29 is 28.5 Å². The molecule has 6 nitrogen and oxygen atoms in total. The van der Waals surface area contributed by atoms with Crippen LogP contribution in [0.15, 0.2) is 0 Å². The van der Waals surface area contributed by atoms with E-state index in [1.165, 1.54) is 21.3 Å². The molecular formula is C13H18O6. The van der Waals surface area contributed by atoms with Crippen LogP contribution in [0.1, 0.15) is 6.92 Å². The van der Waals surface area contributed by atoms with Gasteiger partial charge in [-0.05, 0) is 6.92 Å². The number of hydrogen-bond donors (Lipinski definition) is 0. The molecule has 0 atom stereocenters. The zero-order chi connectivity index (χ0) is 14.9. The van der Waals surface area contributed by atoms with Crippen LogP contribution in [0.4, 0.5) is 0 Å². The molecule has 0 saturated heterocycles.